The van der Waals surface area contributed by atoms with E-state index in [1.165, 1.54) is 0 Å². The van der Waals surface area contributed by atoms with Gasteiger partial charge in [-0.15, -0.1) is 0 Å². The molecule has 10 heavy (non-hydrogen) atoms. The summed E-state index contributed by atoms with van der Waals surface area (Å²) in [6.07, 6.45) is 0.402. The van der Waals surface area contributed by atoms with Crippen molar-refractivity contribution in [2.45, 2.75) is 19.0 Å². The topological polar surface area (TPSA) is 98.2 Å². The number of hydrogen-bond acceptors (Lipinski definition) is 3. The monoisotopic (exact) mass is 145 g/mol. The fraction of sp³-hybridized carbons (Fsp3) is 0.600. The first-order valence-corrected chi connectivity index (χ1v) is 2.84. The van der Waals surface area contributed by atoms with E-state index in [0.717, 1.165) is 0 Å². The van der Waals surface area contributed by atoms with Crippen LogP contribution in [-0.4, -0.2) is 24.4 Å². The molecule has 5 N–H and O–H groups in total. The van der Waals surface area contributed by atoms with Crippen molar-refractivity contribution in [3.05, 3.63) is 0 Å². The van der Waals surface area contributed by atoms with Crippen molar-refractivity contribution in [2.75, 3.05) is 0 Å². The Balaban J connectivity index is 3.97. The van der Waals surface area contributed by atoms with E-state index in [2.05, 4.69) is 5.32 Å². The van der Waals surface area contributed by atoms with Crippen LogP contribution in [0.2, 0.25) is 0 Å². The van der Waals surface area contributed by atoms with Crippen LogP contribution in [0, 0.1) is 0 Å². The fourth-order valence-corrected chi connectivity index (χ4v) is 0.566. The van der Waals surface area contributed by atoms with Crippen LogP contribution in [0.25, 0.3) is 0 Å². The first kappa shape index (κ1) is 8.90. The molecule has 2 amide bonds. The van der Waals surface area contributed by atoms with Crippen LogP contribution in [0.5, 0.6) is 0 Å². The number of hydrogen-bond donors (Lipinski definition) is 3. The molecule has 0 aliphatic heterocycles. The van der Waals surface area contributed by atoms with Crippen molar-refractivity contribution in [1.29, 1.82) is 0 Å². The van der Waals surface area contributed by atoms with E-state index in [1.54, 1.807) is 6.92 Å². The minimum absolute atomic E-state index is 0.402. The Morgan fingerprint density at radius 3 is 2.30 bits per heavy atom. The molecule has 0 rings (SSSR count). The van der Waals surface area contributed by atoms with Gasteiger partial charge in [0, 0.05) is 6.04 Å². The lowest BCUT2D eigenvalue weighted by atomic mass is 10.1. The molecule has 0 aromatic rings. The largest absolute Gasteiger partial charge is 0.368 e. The summed E-state index contributed by atoms with van der Waals surface area (Å²) in [5.41, 5.74) is 10.2. The molecule has 0 spiro atoms. The van der Waals surface area contributed by atoms with Gasteiger partial charge in [-0.3, -0.25) is 9.59 Å². The molecule has 58 valence electrons. The minimum atomic E-state index is -0.766. The molecule has 0 aliphatic carbocycles. The Morgan fingerprint density at radius 2 is 2.20 bits per heavy atom. The molecule has 0 bridgehead atoms. The number of carbonyl (C=O) groups is 2. The van der Waals surface area contributed by atoms with Gasteiger partial charge >= 0.3 is 0 Å². The van der Waals surface area contributed by atoms with Gasteiger partial charge in [-0.2, -0.15) is 0 Å². The average Bonchev–Trinajstić information content (AvgIpc) is 1.81. The van der Waals surface area contributed by atoms with Crippen molar-refractivity contribution in [3.8, 4) is 0 Å². The number of nitrogens with two attached hydrogens (primary N) is 2. The van der Waals surface area contributed by atoms with Crippen molar-refractivity contribution in [1.82, 2.24) is 5.32 Å². The van der Waals surface area contributed by atoms with Crippen LogP contribution >= 0.6 is 0 Å². The highest BCUT2D eigenvalue weighted by Gasteiger charge is 2.17. The van der Waals surface area contributed by atoms with Crippen LogP contribution in [0.3, 0.4) is 0 Å². The summed E-state index contributed by atoms with van der Waals surface area (Å²) in [6.45, 7) is 1.59. The lowest BCUT2D eigenvalue weighted by Gasteiger charge is -2.14. The smallest absolute Gasteiger partial charge is 0.241 e. The van der Waals surface area contributed by atoms with Crippen LogP contribution in [0.4, 0.5) is 0 Å². The average molecular weight is 145 g/mol. The Morgan fingerprint density at radius 1 is 1.70 bits per heavy atom. The van der Waals surface area contributed by atoms with Gasteiger partial charge in [0.05, 0.1) is 0 Å². The molecule has 0 heterocycles. The van der Waals surface area contributed by atoms with Gasteiger partial charge in [-0.05, 0) is 6.92 Å². The molecule has 2 unspecified atom stereocenters. The quantitative estimate of drug-likeness (QED) is 0.396. The molecule has 0 saturated heterocycles. The second kappa shape index (κ2) is 3.84. The van der Waals surface area contributed by atoms with Crippen LogP contribution < -0.4 is 16.8 Å². The highest BCUT2D eigenvalue weighted by atomic mass is 16.2. The molecule has 0 radical (unpaired) electrons. The van der Waals surface area contributed by atoms with Gasteiger partial charge < -0.3 is 16.8 Å². The molecule has 0 aromatic carbocycles. The van der Waals surface area contributed by atoms with Gasteiger partial charge in [0.25, 0.3) is 0 Å². The second-order valence-corrected chi connectivity index (χ2v) is 2.02. The third-order valence-corrected chi connectivity index (χ3v) is 1.08. The molecule has 5 heteroatoms. The van der Waals surface area contributed by atoms with E-state index >= 15 is 0 Å². The van der Waals surface area contributed by atoms with Gasteiger partial charge in [0.15, 0.2) is 0 Å². The second-order valence-electron chi connectivity index (χ2n) is 2.02. The predicted molar refractivity (Wildman–Crippen MR) is 35.8 cm³/mol. The summed E-state index contributed by atoms with van der Waals surface area (Å²) >= 11 is 0. The third-order valence-electron chi connectivity index (χ3n) is 1.08. The van der Waals surface area contributed by atoms with Gasteiger partial charge in [-0.1, -0.05) is 0 Å². The third kappa shape index (κ3) is 2.45. The zero-order valence-corrected chi connectivity index (χ0v) is 5.70. The summed E-state index contributed by atoms with van der Waals surface area (Å²) in [4.78, 5) is 20.3. The lowest BCUT2D eigenvalue weighted by Crippen LogP contribution is -2.51. The zero-order chi connectivity index (χ0) is 8.15. The van der Waals surface area contributed by atoms with E-state index in [0.29, 0.717) is 6.41 Å². The summed E-state index contributed by atoms with van der Waals surface area (Å²) in [5, 5.41) is 2.20. The van der Waals surface area contributed by atoms with Crippen molar-refractivity contribution in [2.24, 2.45) is 11.5 Å². The van der Waals surface area contributed by atoms with Crippen molar-refractivity contribution >= 4 is 12.3 Å². The Hall–Kier alpha value is -1.10. The number of carbonyl (C=O) groups excluding carboxylic acids is 2. The summed E-state index contributed by atoms with van der Waals surface area (Å²) in [5.74, 6) is -0.623. The highest BCUT2D eigenvalue weighted by molar-refractivity contribution is 5.82. The van der Waals surface area contributed by atoms with Gasteiger partial charge in [0.1, 0.15) is 6.04 Å². The van der Waals surface area contributed by atoms with E-state index in [-0.39, 0.29) is 0 Å². The van der Waals surface area contributed by atoms with E-state index in [1.807, 2.05) is 0 Å². The number of amides is 2. The number of nitrogens with one attached hydrogen (secondary N) is 1. The van der Waals surface area contributed by atoms with E-state index in [9.17, 15) is 9.59 Å². The molecule has 0 aromatic heterocycles. The van der Waals surface area contributed by atoms with Crippen molar-refractivity contribution in [3.63, 3.8) is 0 Å². The van der Waals surface area contributed by atoms with Gasteiger partial charge in [-0.25, -0.2) is 0 Å². The van der Waals surface area contributed by atoms with Crippen LogP contribution in [0.1, 0.15) is 6.92 Å². The van der Waals surface area contributed by atoms with Crippen LogP contribution in [0.15, 0.2) is 0 Å². The summed E-state index contributed by atoms with van der Waals surface area (Å²) in [7, 11) is 0. The maximum atomic E-state index is 10.5. The molecule has 0 fully saturated rings. The maximum absolute atomic E-state index is 10.5. The first-order chi connectivity index (χ1) is 4.59. The standard InChI is InChI=1S/C5H11N3O2/c1-3(6)4(5(7)10)8-2-9/h2-4H,6H2,1H3,(H2,7,10)(H,8,9). The molecule has 0 saturated carbocycles. The molecule has 2 atom stereocenters. The summed E-state index contributed by atoms with van der Waals surface area (Å²) < 4.78 is 0. The normalized spacial score (nSPS) is 15.4. The van der Waals surface area contributed by atoms with E-state index in [4.69, 9.17) is 11.5 Å². The Labute approximate surface area is 58.8 Å². The van der Waals surface area contributed by atoms with Crippen LogP contribution in [-0.2, 0) is 9.59 Å². The zero-order valence-electron chi connectivity index (χ0n) is 5.70. The number of primary amides is 1. The maximum Gasteiger partial charge on any atom is 0.241 e. The molecular formula is C5H11N3O2. The SMILES string of the molecule is CC(N)C(NC=O)C(N)=O. The highest BCUT2D eigenvalue weighted by Crippen LogP contribution is 1.85. The molecule has 0 aliphatic rings. The van der Waals surface area contributed by atoms with E-state index < -0.39 is 18.0 Å². The van der Waals surface area contributed by atoms with Crippen molar-refractivity contribution < 1.29 is 9.59 Å². The minimum Gasteiger partial charge on any atom is -0.368 e. The number of rotatable bonds is 4. The molecule has 5 nitrogen and oxygen atoms in total. The fourth-order valence-electron chi connectivity index (χ4n) is 0.566. The predicted octanol–water partition coefficient (Wildman–Crippen LogP) is -2.07. The van der Waals surface area contributed by atoms with Gasteiger partial charge in [0.2, 0.25) is 12.3 Å². The lowest BCUT2D eigenvalue weighted by molar-refractivity contribution is -0.123. The molecular weight excluding hydrogens is 134 g/mol. The summed E-state index contributed by atoms with van der Waals surface area (Å²) in [6, 6.07) is -1.22. The Kier molecular flexibility index (Phi) is 3.42. The first-order valence-electron chi connectivity index (χ1n) is 2.84. The Bertz CT molecular complexity index is 135.